The van der Waals surface area contributed by atoms with Crippen molar-refractivity contribution in [3.05, 3.63) is 23.8 Å². The summed E-state index contributed by atoms with van der Waals surface area (Å²) >= 11 is 0. The number of rotatable bonds is 5. The third-order valence-electron chi connectivity index (χ3n) is 3.19. The number of nitrogens with one attached hydrogen (secondary N) is 1. The maximum Gasteiger partial charge on any atom is 0.127 e. The van der Waals surface area contributed by atoms with E-state index < -0.39 is 0 Å². The predicted molar refractivity (Wildman–Crippen MR) is 65.4 cm³/mol. The smallest absolute Gasteiger partial charge is 0.127 e. The van der Waals surface area contributed by atoms with E-state index >= 15 is 0 Å². The average Bonchev–Trinajstić information content (AvgIpc) is 2.33. The monoisotopic (exact) mass is 237 g/mol. The van der Waals surface area contributed by atoms with E-state index in [1.807, 2.05) is 18.2 Å². The zero-order chi connectivity index (χ0) is 12.3. The Balaban J connectivity index is 1.95. The molecule has 1 aliphatic rings. The van der Waals surface area contributed by atoms with E-state index in [0.717, 1.165) is 36.4 Å². The molecule has 2 N–H and O–H groups in total. The van der Waals surface area contributed by atoms with Gasteiger partial charge in [0.15, 0.2) is 0 Å². The van der Waals surface area contributed by atoms with E-state index in [1.54, 1.807) is 14.2 Å². The Bertz CT molecular complexity index is 375. The molecule has 0 heterocycles. The molecule has 1 saturated carbocycles. The predicted octanol–water partition coefficient (Wildman–Crippen LogP) is 1.32. The summed E-state index contributed by atoms with van der Waals surface area (Å²) in [5.41, 5.74) is 1.11. The minimum absolute atomic E-state index is 0.120. The summed E-state index contributed by atoms with van der Waals surface area (Å²) in [7, 11) is 3.30. The normalized spacial score (nSPS) is 23.0. The molecule has 1 fully saturated rings. The van der Waals surface area contributed by atoms with Gasteiger partial charge in [-0.2, -0.15) is 0 Å². The van der Waals surface area contributed by atoms with Gasteiger partial charge in [-0.1, -0.05) is 6.07 Å². The molecule has 0 aliphatic heterocycles. The second-order valence-corrected chi connectivity index (χ2v) is 4.38. The van der Waals surface area contributed by atoms with Gasteiger partial charge in [0.05, 0.1) is 20.3 Å². The first-order valence-corrected chi connectivity index (χ1v) is 5.85. The molecule has 0 atom stereocenters. The molecule has 0 unspecified atom stereocenters. The van der Waals surface area contributed by atoms with Crippen LogP contribution in [0.1, 0.15) is 18.4 Å². The summed E-state index contributed by atoms with van der Waals surface area (Å²) in [5, 5.41) is 12.6. The van der Waals surface area contributed by atoms with Crippen molar-refractivity contribution in [2.24, 2.45) is 0 Å². The zero-order valence-electron chi connectivity index (χ0n) is 10.3. The van der Waals surface area contributed by atoms with E-state index in [2.05, 4.69) is 5.32 Å². The van der Waals surface area contributed by atoms with Crippen LogP contribution in [-0.4, -0.2) is 31.5 Å². The van der Waals surface area contributed by atoms with E-state index in [4.69, 9.17) is 9.47 Å². The third-order valence-corrected chi connectivity index (χ3v) is 3.19. The fourth-order valence-corrected chi connectivity index (χ4v) is 2.01. The van der Waals surface area contributed by atoms with Crippen LogP contribution in [-0.2, 0) is 6.54 Å². The van der Waals surface area contributed by atoms with Crippen LogP contribution in [0, 0.1) is 0 Å². The Morgan fingerprint density at radius 1 is 1.29 bits per heavy atom. The van der Waals surface area contributed by atoms with Gasteiger partial charge >= 0.3 is 0 Å². The van der Waals surface area contributed by atoms with Crippen molar-refractivity contribution in [3.63, 3.8) is 0 Å². The summed E-state index contributed by atoms with van der Waals surface area (Å²) in [4.78, 5) is 0. The van der Waals surface area contributed by atoms with E-state index in [0.29, 0.717) is 6.04 Å². The van der Waals surface area contributed by atoms with Crippen molar-refractivity contribution in [3.8, 4) is 11.5 Å². The van der Waals surface area contributed by atoms with Crippen LogP contribution in [0.4, 0.5) is 0 Å². The highest BCUT2D eigenvalue weighted by Gasteiger charge is 2.26. The van der Waals surface area contributed by atoms with Crippen LogP contribution < -0.4 is 14.8 Å². The van der Waals surface area contributed by atoms with Gasteiger partial charge in [-0.15, -0.1) is 0 Å². The number of aliphatic hydroxyl groups excluding tert-OH is 1. The maximum atomic E-state index is 9.20. The van der Waals surface area contributed by atoms with E-state index in [9.17, 15) is 5.11 Å². The highest BCUT2D eigenvalue weighted by atomic mass is 16.5. The number of ether oxygens (including phenoxy) is 2. The standard InChI is InChI=1S/C13H19NO3/c1-16-12-4-3-9(13(7-12)17-2)8-14-10-5-11(15)6-10/h3-4,7,10-11,14-15H,5-6,8H2,1-2H3. The second-order valence-electron chi connectivity index (χ2n) is 4.38. The topological polar surface area (TPSA) is 50.7 Å². The lowest BCUT2D eigenvalue weighted by Crippen LogP contribution is -2.43. The molecular formula is C13H19NO3. The van der Waals surface area contributed by atoms with Gasteiger partial charge in [-0.25, -0.2) is 0 Å². The number of hydrogen-bond acceptors (Lipinski definition) is 4. The molecule has 1 aromatic rings. The second kappa shape index (κ2) is 5.38. The van der Waals surface area contributed by atoms with Crippen molar-refractivity contribution in [1.29, 1.82) is 0 Å². The SMILES string of the molecule is COc1ccc(CNC2CC(O)C2)c(OC)c1. The molecule has 1 aromatic carbocycles. The summed E-state index contributed by atoms with van der Waals surface area (Å²) in [6, 6.07) is 6.23. The van der Waals surface area contributed by atoms with Crippen LogP contribution in [0.25, 0.3) is 0 Å². The van der Waals surface area contributed by atoms with Gasteiger partial charge in [-0.3, -0.25) is 0 Å². The lowest BCUT2D eigenvalue weighted by Gasteiger charge is -2.32. The largest absolute Gasteiger partial charge is 0.497 e. The average molecular weight is 237 g/mol. The Morgan fingerprint density at radius 3 is 2.65 bits per heavy atom. The first-order valence-electron chi connectivity index (χ1n) is 5.85. The molecule has 0 aromatic heterocycles. The molecule has 0 amide bonds. The lowest BCUT2D eigenvalue weighted by atomic mass is 9.89. The Kier molecular flexibility index (Phi) is 3.86. The summed E-state index contributed by atoms with van der Waals surface area (Å²) in [6.45, 7) is 0.755. The van der Waals surface area contributed by atoms with Gasteiger partial charge < -0.3 is 19.9 Å². The van der Waals surface area contributed by atoms with Crippen molar-refractivity contribution in [1.82, 2.24) is 5.32 Å². The first kappa shape index (κ1) is 12.2. The fourth-order valence-electron chi connectivity index (χ4n) is 2.01. The van der Waals surface area contributed by atoms with Gasteiger partial charge in [-0.05, 0) is 18.9 Å². The molecule has 94 valence electrons. The Hall–Kier alpha value is -1.26. The Labute approximate surface area is 102 Å². The van der Waals surface area contributed by atoms with Gasteiger partial charge in [0, 0.05) is 24.2 Å². The van der Waals surface area contributed by atoms with E-state index in [-0.39, 0.29) is 6.10 Å². The molecule has 0 bridgehead atoms. The van der Waals surface area contributed by atoms with E-state index in [1.165, 1.54) is 0 Å². The van der Waals surface area contributed by atoms with Crippen LogP contribution in [0.5, 0.6) is 11.5 Å². The molecule has 17 heavy (non-hydrogen) atoms. The van der Waals surface area contributed by atoms with Gasteiger partial charge in [0.25, 0.3) is 0 Å². The minimum Gasteiger partial charge on any atom is -0.497 e. The maximum absolute atomic E-state index is 9.20. The molecule has 0 radical (unpaired) electrons. The molecule has 0 saturated heterocycles. The highest BCUT2D eigenvalue weighted by molar-refractivity contribution is 5.40. The van der Waals surface area contributed by atoms with Crippen molar-refractivity contribution >= 4 is 0 Å². The molecule has 1 aliphatic carbocycles. The lowest BCUT2D eigenvalue weighted by molar-refractivity contribution is 0.0618. The van der Waals surface area contributed by atoms with Crippen molar-refractivity contribution < 1.29 is 14.6 Å². The van der Waals surface area contributed by atoms with Crippen LogP contribution in [0.3, 0.4) is 0 Å². The molecule has 4 nitrogen and oxygen atoms in total. The zero-order valence-corrected chi connectivity index (χ0v) is 10.3. The first-order chi connectivity index (χ1) is 8.22. The number of benzene rings is 1. The summed E-state index contributed by atoms with van der Waals surface area (Å²) < 4.78 is 10.5. The number of aliphatic hydroxyl groups is 1. The van der Waals surface area contributed by atoms with Crippen LogP contribution in [0.2, 0.25) is 0 Å². The number of methoxy groups -OCH3 is 2. The molecule has 2 rings (SSSR count). The highest BCUT2D eigenvalue weighted by Crippen LogP contribution is 2.26. The third kappa shape index (κ3) is 2.90. The summed E-state index contributed by atoms with van der Waals surface area (Å²) in [5.74, 6) is 1.63. The Morgan fingerprint density at radius 2 is 2.06 bits per heavy atom. The van der Waals surface area contributed by atoms with Crippen molar-refractivity contribution in [2.45, 2.75) is 31.5 Å². The van der Waals surface area contributed by atoms with Crippen LogP contribution in [0.15, 0.2) is 18.2 Å². The molecule has 0 spiro atoms. The van der Waals surface area contributed by atoms with Gasteiger partial charge in [0.2, 0.25) is 0 Å². The van der Waals surface area contributed by atoms with Crippen molar-refractivity contribution in [2.75, 3.05) is 14.2 Å². The quantitative estimate of drug-likeness (QED) is 0.811. The molecular weight excluding hydrogens is 218 g/mol. The minimum atomic E-state index is -0.120. The number of hydrogen-bond donors (Lipinski definition) is 2. The fraction of sp³-hybridized carbons (Fsp3) is 0.538. The van der Waals surface area contributed by atoms with Crippen LogP contribution >= 0.6 is 0 Å². The molecule has 4 heteroatoms. The van der Waals surface area contributed by atoms with Gasteiger partial charge in [0.1, 0.15) is 11.5 Å². The summed E-state index contributed by atoms with van der Waals surface area (Å²) in [6.07, 6.45) is 1.57.